The van der Waals surface area contributed by atoms with Gasteiger partial charge in [-0.1, -0.05) is 49.7 Å². The third kappa shape index (κ3) is 7.71. The highest BCUT2D eigenvalue weighted by molar-refractivity contribution is 6.31. The van der Waals surface area contributed by atoms with Crippen molar-refractivity contribution in [2.24, 2.45) is 17.3 Å². The summed E-state index contributed by atoms with van der Waals surface area (Å²) in [5.41, 5.74) is 3.59. The van der Waals surface area contributed by atoms with E-state index in [1.54, 1.807) is 0 Å². The number of carbonyl (C=O) groups is 2. The number of ether oxygens (including phenoxy) is 1. The van der Waals surface area contributed by atoms with E-state index >= 15 is 0 Å². The molecule has 0 saturated heterocycles. The first-order valence-corrected chi connectivity index (χ1v) is 14.5. The number of esters is 1. The molecule has 0 amide bonds. The Bertz CT molecular complexity index is 1160. The maximum Gasteiger partial charge on any atom is 0.307 e. The van der Waals surface area contributed by atoms with Crippen LogP contribution in [0.1, 0.15) is 120 Å². The molecule has 1 aromatic carbocycles. The summed E-state index contributed by atoms with van der Waals surface area (Å²) in [5.74, 6) is 1.67. The number of hydrogen-bond acceptors (Lipinski definition) is 5. The highest BCUT2D eigenvalue weighted by Gasteiger charge is 2.41. The van der Waals surface area contributed by atoms with Crippen LogP contribution in [0.3, 0.4) is 0 Å². The van der Waals surface area contributed by atoms with Crippen LogP contribution in [0.2, 0.25) is 5.02 Å². The summed E-state index contributed by atoms with van der Waals surface area (Å²) in [6.07, 6.45) is 6.32. The van der Waals surface area contributed by atoms with Gasteiger partial charge >= 0.3 is 5.97 Å². The van der Waals surface area contributed by atoms with Crippen molar-refractivity contribution in [2.45, 2.75) is 117 Å². The standard InChI is InChI=1S/C32H44ClNO4/c1-19-8-9-22(25(33)12-19)16-27(35)23(17-28(36)37-32(5,6)7)15-26-29(21-10-11-21)30(38-34-26)24-13-20(14-24)18-31(2,3)4/h8-9,12,20-21,23-24H,10-11,13-18H2,1-7H3/t20?,23-,24?/m0/s1. The molecular formula is C32H44ClNO4. The first kappa shape index (κ1) is 28.9. The molecule has 0 radical (unpaired) electrons. The second-order valence-corrected chi connectivity index (χ2v) is 14.3. The van der Waals surface area contributed by atoms with Crippen LogP contribution in [0.15, 0.2) is 22.7 Å². The molecule has 6 heteroatoms. The van der Waals surface area contributed by atoms with Crippen molar-refractivity contribution in [3.8, 4) is 0 Å². The largest absolute Gasteiger partial charge is 0.460 e. The summed E-state index contributed by atoms with van der Waals surface area (Å²) in [6.45, 7) is 14.4. The predicted molar refractivity (Wildman–Crippen MR) is 151 cm³/mol. The Kier molecular flexibility index (Phi) is 8.47. The number of benzene rings is 1. The summed E-state index contributed by atoms with van der Waals surface area (Å²) in [4.78, 5) is 26.4. The SMILES string of the molecule is Cc1ccc(CC(=O)[C@H](CC(=O)OC(C)(C)C)Cc2noc(C3CC(CC(C)(C)C)C3)c2C2CC2)c(Cl)c1. The Balaban J connectivity index is 1.53. The third-order valence-electron chi connectivity index (χ3n) is 7.63. The van der Waals surface area contributed by atoms with Gasteiger partial charge in [0.25, 0.3) is 0 Å². The van der Waals surface area contributed by atoms with Crippen molar-refractivity contribution in [2.75, 3.05) is 0 Å². The van der Waals surface area contributed by atoms with E-state index in [1.165, 1.54) is 12.0 Å². The van der Waals surface area contributed by atoms with Gasteiger partial charge in [-0.2, -0.15) is 0 Å². The molecule has 38 heavy (non-hydrogen) atoms. The van der Waals surface area contributed by atoms with E-state index in [2.05, 4.69) is 25.9 Å². The lowest BCUT2D eigenvalue weighted by atomic mass is 9.67. The molecule has 2 fully saturated rings. The summed E-state index contributed by atoms with van der Waals surface area (Å²) in [7, 11) is 0. The minimum Gasteiger partial charge on any atom is -0.460 e. The molecule has 2 aromatic rings. The minimum absolute atomic E-state index is 0.0168. The fourth-order valence-corrected chi connectivity index (χ4v) is 6.13. The van der Waals surface area contributed by atoms with Gasteiger partial charge in [-0.05, 0) is 94.2 Å². The summed E-state index contributed by atoms with van der Waals surface area (Å²) < 4.78 is 11.6. The predicted octanol–water partition coefficient (Wildman–Crippen LogP) is 8.15. The van der Waals surface area contributed by atoms with E-state index < -0.39 is 11.5 Å². The second kappa shape index (κ2) is 11.2. The van der Waals surface area contributed by atoms with E-state index in [1.807, 2.05) is 45.9 Å². The van der Waals surface area contributed by atoms with Crippen LogP contribution in [0.5, 0.6) is 0 Å². The topological polar surface area (TPSA) is 69.4 Å². The van der Waals surface area contributed by atoms with Crippen molar-refractivity contribution in [1.82, 2.24) is 5.16 Å². The van der Waals surface area contributed by atoms with Crippen LogP contribution in [-0.2, 0) is 27.2 Å². The number of hydrogen-bond donors (Lipinski definition) is 0. The van der Waals surface area contributed by atoms with Crippen LogP contribution in [0.4, 0.5) is 0 Å². The minimum atomic E-state index is -0.612. The van der Waals surface area contributed by atoms with Crippen molar-refractivity contribution < 1.29 is 18.8 Å². The average molecular weight is 542 g/mol. The number of rotatable bonds is 10. The van der Waals surface area contributed by atoms with E-state index in [9.17, 15) is 9.59 Å². The van der Waals surface area contributed by atoms with Crippen molar-refractivity contribution in [3.63, 3.8) is 0 Å². The van der Waals surface area contributed by atoms with Crippen LogP contribution >= 0.6 is 11.6 Å². The van der Waals surface area contributed by atoms with Crippen LogP contribution in [-0.4, -0.2) is 22.5 Å². The zero-order chi connectivity index (χ0) is 27.8. The van der Waals surface area contributed by atoms with Crippen molar-refractivity contribution >= 4 is 23.4 Å². The van der Waals surface area contributed by atoms with Gasteiger partial charge in [-0.15, -0.1) is 0 Å². The summed E-state index contributed by atoms with van der Waals surface area (Å²) >= 11 is 6.45. The highest BCUT2D eigenvalue weighted by Crippen LogP contribution is 2.52. The molecule has 2 aliphatic rings. The maximum absolute atomic E-state index is 13.6. The van der Waals surface area contributed by atoms with E-state index in [-0.39, 0.29) is 24.6 Å². The van der Waals surface area contributed by atoms with Gasteiger partial charge in [0.05, 0.1) is 12.1 Å². The van der Waals surface area contributed by atoms with Crippen molar-refractivity contribution in [1.29, 1.82) is 0 Å². The lowest BCUT2D eigenvalue weighted by Gasteiger charge is -2.38. The van der Waals surface area contributed by atoms with Gasteiger partial charge in [-0.25, -0.2) is 0 Å². The number of nitrogens with zero attached hydrogens (tertiary/aromatic N) is 1. The summed E-state index contributed by atoms with van der Waals surface area (Å²) in [6, 6.07) is 5.72. The van der Waals surface area contributed by atoms with E-state index in [0.717, 1.165) is 54.2 Å². The van der Waals surface area contributed by atoms with Crippen LogP contribution in [0.25, 0.3) is 0 Å². The molecule has 5 nitrogen and oxygen atoms in total. The molecule has 0 aliphatic heterocycles. The Labute approximate surface area is 233 Å². The molecule has 1 aromatic heterocycles. The Hall–Kier alpha value is -2.14. The van der Waals surface area contributed by atoms with Gasteiger partial charge in [0.1, 0.15) is 17.1 Å². The Morgan fingerprint density at radius 1 is 1.11 bits per heavy atom. The lowest BCUT2D eigenvalue weighted by Crippen LogP contribution is -2.29. The van der Waals surface area contributed by atoms with Gasteiger partial charge < -0.3 is 9.26 Å². The molecule has 0 spiro atoms. The van der Waals surface area contributed by atoms with E-state index in [4.69, 9.17) is 20.9 Å². The number of halogens is 1. The molecule has 0 bridgehead atoms. The number of aromatic nitrogens is 1. The maximum atomic E-state index is 13.6. The second-order valence-electron chi connectivity index (χ2n) is 13.9. The highest BCUT2D eigenvalue weighted by atomic mass is 35.5. The van der Waals surface area contributed by atoms with Gasteiger partial charge in [0.15, 0.2) is 0 Å². The fraction of sp³-hybridized carbons (Fsp3) is 0.656. The van der Waals surface area contributed by atoms with Crippen LogP contribution in [0, 0.1) is 24.2 Å². The number of ketones is 1. The first-order valence-electron chi connectivity index (χ1n) is 14.2. The molecule has 1 atom stereocenters. The molecule has 0 unspecified atom stereocenters. The third-order valence-corrected chi connectivity index (χ3v) is 7.98. The monoisotopic (exact) mass is 541 g/mol. The Morgan fingerprint density at radius 3 is 2.37 bits per heavy atom. The normalized spacial score (nSPS) is 20.6. The van der Waals surface area contributed by atoms with Gasteiger partial charge in [0, 0.05) is 35.3 Å². The number of Topliss-reactive ketones (excluding diaryl/α,β-unsaturated/α-hetero) is 1. The average Bonchev–Trinajstić information content (AvgIpc) is 3.50. The zero-order valence-corrected chi connectivity index (χ0v) is 24.9. The molecular weight excluding hydrogens is 498 g/mol. The molecule has 0 N–H and O–H groups in total. The van der Waals surface area contributed by atoms with Crippen LogP contribution < -0.4 is 0 Å². The number of aryl methyl sites for hydroxylation is 1. The van der Waals surface area contributed by atoms with Gasteiger partial charge in [-0.3, -0.25) is 9.59 Å². The number of carbonyl (C=O) groups excluding carboxylic acids is 2. The molecule has 208 valence electrons. The smallest absolute Gasteiger partial charge is 0.307 e. The lowest BCUT2D eigenvalue weighted by molar-refractivity contribution is -0.157. The van der Waals surface area contributed by atoms with E-state index in [0.29, 0.717) is 28.7 Å². The molecule has 2 aliphatic carbocycles. The summed E-state index contributed by atoms with van der Waals surface area (Å²) in [5, 5.41) is 5.09. The Morgan fingerprint density at radius 2 is 1.79 bits per heavy atom. The van der Waals surface area contributed by atoms with Crippen molar-refractivity contribution in [3.05, 3.63) is 51.4 Å². The quantitative estimate of drug-likeness (QED) is 0.284. The van der Waals surface area contributed by atoms with Gasteiger partial charge in [0.2, 0.25) is 0 Å². The fourth-order valence-electron chi connectivity index (χ4n) is 5.82. The molecule has 1 heterocycles. The zero-order valence-electron chi connectivity index (χ0n) is 24.2. The first-order chi connectivity index (χ1) is 17.7. The molecule has 2 saturated carbocycles. The molecule has 4 rings (SSSR count).